The maximum atomic E-state index is 13.6. The molecule has 3 atom stereocenters. The van der Waals surface area contributed by atoms with Crippen molar-refractivity contribution in [3.8, 4) is 0 Å². The second kappa shape index (κ2) is 7.08. The molecule has 1 aromatic rings. The molecule has 0 spiro atoms. The van der Waals surface area contributed by atoms with Gasteiger partial charge in [-0.25, -0.2) is 0 Å². The fraction of sp³-hybridized carbons (Fsp3) is 0.680. The highest BCUT2D eigenvalue weighted by atomic mass is 16.4. The molecular formula is C25H34N2O3. The Morgan fingerprint density at radius 2 is 1.83 bits per heavy atom. The Morgan fingerprint density at radius 1 is 1.13 bits per heavy atom. The Hall–Kier alpha value is -1.88. The lowest BCUT2D eigenvalue weighted by atomic mass is 9.48. The molecule has 4 saturated carbocycles. The summed E-state index contributed by atoms with van der Waals surface area (Å²) >= 11 is 0. The molecule has 3 unspecified atom stereocenters. The minimum absolute atomic E-state index is 0.118. The van der Waals surface area contributed by atoms with Crippen LogP contribution in [0, 0.1) is 28.6 Å². The average Bonchev–Trinajstić information content (AvgIpc) is 2.93. The number of fused-ring (bicyclic) bond motifs is 1. The zero-order valence-electron chi connectivity index (χ0n) is 18.1. The summed E-state index contributed by atoms with van der Waals surface area (Å²) in [5, 5.41) is 16.9. The summed E-state index contributed by atoms with van der Waals surface area (Å²) in [7, 11) is 0. The number of rotatable bonds is 4. The van der Waals surface area contributed by atoms with Gasteiger partial charge in [0.1, 0.15) is 0 Å². The van der Waals surface area contributed by atoms with Crippen molar-refractivity contribution >= 4 is 11.9 Å². The van der Waals surface area contributed by atoms with Crippen molar-refractivity contribution in [1.29, 1.82) is 0 Å². The molecule has 0 radical (unpaired) electrons. The number of aliphatic carboxylic acids is 1. The molecule has 6 rings (SSSR count). The van der Waals surface area contributed by atoms with Gasteiger partial charge in [-0.3, -0.25) is 9.59 Å². The van der Waals surface area contributed by atoms with Gasteiger partial charge in [0.15, 0.2) is 0 Å². The Morgan fingerprint density at radius 3 is 2.53 bits per heavy atom. The number of carbonyl (C=O) groups is 2. The number of hydrogen-bond donors (Lipinski definition) is 3. The number of nitrogens with one attached hydrogen (secondary N) is 2. The second-order valence-electron chi connectivity index (χ2n) is 11.0. The van der Waals surface area contributed by atoms with Gasteiger partial charge in [0, 0.05) is 18.5 Å². The fourth-order valence-electron chi connectivity index (χ4n) is 7.34. The van der Waals surface area contributed by atoms with Crippen molar-refractivity contribution in [2.24, 2.45) is 28.6 Å². The molecular weight excluding hydrogens is 376 g/mol. The van der Waals surface area contributed by atoms with Crippen molar-refractivity contribution in [2.75, 3.05) is 13.1 Å². The van der Waals surface area contributed by atoms with Crippen LogP contribution in [0.3, 0.4) is 0 Å². The number of benzene rings is 1. The molecule has 1 aliphatic heterocycles. The summed E-state index contributed by atoms with van der Waals surface area (Å²) in [6.07, 6.45) is 5.44. The molecule has 4 bridgehead atoms. The highest BCUT2D eigenvalue weighted by Crippen LogP contribution is 2.60. The number of amides is 1. The standard InChI is InChI=1S/C25H34N2O3/c1-24(2,20-14-26-8-7-16-5-3-4-6-19(16)20)22(28)27-21-17-9-15-10-18(21)13-25(11-15,12-17)23(29)30/h3-6,15,17-18,20-21,26H,7-14H2,1-2H3,(H,27,28)(H,29,30). The van der Waals surface area contributed by atoms with Crippen LogP contribution >= 0.6 is 0 Å². The van der Waals surface area contributed by atoms with Crippen LogP contribution in [0.15, 0.2) is 24.3 Å². The smallest absolute Gasteiger partial charge is 0.309 e. The van der Waals surface area contributed by atoms with Gasteiger partial charge in [0.2, 0.25) is 5.91 Å². The van der Waals surface area contributed by atoms with E-state index in [1.807, 2.05) is 0 Å². The van der Waals surface area contributed by atoms with E-state index in [9.17, 15) is 14.7 Å². The summed E-state index contributed by atoms with van der Waals surface area (Å²) < 4.78 is 0. The van der Waals surface area contributed by atoms with Crippen LogP contribution in [-0.2, 0) is 16.0 Å². The van der Waals surface area contributed by atoms with E-state index in [-0.39, 0.29) is 17.9 Å². The van der Waals surface area contributed by atoms with Crippen LogP contribution in [-0.4, -0.2) is 36.1 Å². The van der Waals surface area contributed by atoms with Crippen LogP contribution in [0.5, 0.6) is 0 Å². The van der Waals surface area contributed by atoms with E-state index >= 15 is 0 Å². The van der Waals surface area contributed by atoms with Crippen LogP contribution in [0.25, 0.3) is 0 Å². The first-order valence-corrected chi connectivity index (χ1v) is 11.6. The zero-order chi connectivity index (χ0) is 21.1. The van der Waals surface area contributed by atoms with Crippen molar-refractivity contribution in [3.63, 3.8) is 0 Å². The van der Waals surface area contributed by atoms with E-state index < -0.39 is 16.8 Å². The van der Waals surface area contributed by atoms with Gasteiger partial charge in [-0.05, 0) is 74.0 Å². The van der Waals surface area contributed by atoms with Crippen molar-refractivity contribution < 1.29 is 14.7 Å². The average molecular weight is 411 g/mol. The molecule has 30 heavy (non-hydrogen) atoms. The van der Waals surface area contributed by atoms with Gasteiger partial charge in [-0.1, -0.05) is 38.1 Å². The topological polar surface area (TPSA) is 78.4 Å². The number of carboxylic acid groups (broad SMARTS) is 1. The van der Waals surface area contributed by atoms with E-state index in [4.69, 9.17) is 0 Å². The lowest BCUT2D eigenvalue weighted by Crippen LogP contribution is -2.62. The predicted molar refractivity (Wildman–Crippen MR) is 115 cm³/mol. The van der Waals surface area contributed by atoms with Crippen LogP contribution < -0.4 is 10.6 Å². The molecule has 5 aliphatic rings. The zero-order valence-corrected chi connectivity index (χ0v) is 18.1. The number of carboxylic acids is 1. The predicted octanol–water partition coefficient (Wildman–Crippen LogP) is 3.34. The Bertz CT molecular complexity index is 848. The van der Waals surface area contributed by atoms with Crippen LogP contribution in [0.2, 0.25) is 0 Å². The largest absolute Gasteiger partial charge is 0.481 e. The summed E-state index contributed by atoms with van der Waals surface area (Å²) in [5.41, 5.74) is 1.56. The quantitative estimate of drug-likeness (QED) is 0.711. The molecule has 1 heterocycles. The Kier molecular flexibility index (Phi) is 4.73. The normalized spacial score (nSPS) is 37.3. The van der Waals surface area contributed by atoms with E-state index in [0.717, 1.165) is 51.6 Å². The maximum Gasteiger partial charge on any atom is 0.309 e. The summed E-state index contributed by atoms with van der Waals surface area (Å²) in [6.45, 7) is 5.90. The van der Waals surface area contributed by atoms with Gasteiger partial charge >= 0.3 is 5.97 Å². The minimum Gasteiger partial charge on any atom is -0.481 e. The molecule has 0 aromatic heterocycles. The molecule has 1 aromatic carbocycles. The third-order valence-corrected chi connectivity index (χ3v) is 8.83. The summed E-state index contributed by atoms with van der Waals surface area (Å²) in [5.74, 6) is 0.773. The van der Waals surface area contributed by atoms with Gasteiger partial charge < -0.3 is 15.7 Å². The third-order valence-electron chi connectivity index (χ3n) is 8.83. The lowest BCUT2D eigenvalue weighted by Gasteiger charge is -2.58. The summed E-state index contributed by atoms with van der Waals surface area (Å²) in [4.78, 5) is 25.6. The molecule has 3 N–H and O–H groups in total. The monoisotopic (exact) mass is 410 g/mol. The molecule has 162 valence electrons. The van der Waals surface area contributed by atoms with Gasteiger partial charge in [-0.15, -0.1) is 0 Å². The molecule has 0 saturated heterocycles. The first kappa shape index (κ1) is 20.0. The highest BCUT2D eigenvalue weighted by molar-refractivity contribution is 5.84. The summed E-state index contributed by atoms with van der Waals surface area (Å²) in [6, 6.07) is 8.67. The molecule has 5 nitrogen and oxygen atoms in total. The van der Waals surface area contributed by atoms with Gasteiger partial charge in [0.25, 0.3) is 0 Å². The second-order valence-corrected chi connectivity index (χ2v) is 11.0. The Balaban J connectivity index is 1.36. The minimum atomic E-state index is -0.617. The highest BCUT2D eigenvalue weighted by Gasteiger charge is 2.59. The Labute approximate surface area is 179 Å². The molecule has 4 fully saturated rings. The van der Waals surface area contributed by atoms with Gasteiger partial charge in [-0.2, -0.15) is 0 Å². The van der Waals surface area contributed by atoms with E-state index in [1.54, 1.807) is 0 Å². The van der Waals surface area contributed by atoms with E-state index in [0.29, 0.717) is 17.8 Å². The molecule has 4 aliphatic carbocycles. The first-order chi connectivity index (χ1) is 14.3. The number of hydrogen-bond acceptors (Lipinski definition) is 3. The van der Waals surface area contributed by atoms with Crippen molar-refractivity contribution in [3.05, 3.63) is 35.4 Å². The third kappa shape index (κ3) is 3.08. The van der Waals surface area contributed by atoms with Crippen LogP contribution in [0.1, 0.15) is 63.0 Å². The van der Waals surface area contributed by atoms with Gasteiger partial charge in [0.05, 0.1) is 10.8 Å². The molecule has 5 heteroatoms. The van der Waals surface area contributed by atoms with E-state index in [1.165, 1.54) is 11.1 Å². The number of carbonyl (C=O) groups excluding carboxylic acids is 1. The lowest BCUT2D eigenvalue weighted by molar-refractivity contribution is -0.168. The first-order valence-electron chi connectivity index (χ1n) is 11.6. The van der Waals surface area contributed by atoms with E-state index in [2.05, 4.69) is 48.7 Å². The van der Waals surface area contributed by atoms with Crippen LogP contribution in [0.4, 0.5) is 0 Å². The maximum absolute atomic E-state index is 13.6. The fourth-order valence-corrected chi connectivity index (χ4v) is 7.34. The molecule has 1 amide bonds. The van der Waals surface area contributed by atoms with Crippen molar-refractivity contribution in [1.82, 2.24) is 10.6 Å². The SMILES string of the molecule is CC(C)(C(=O)NC1C2CC3CC1CC(C(=O)O)(C3)C2)C1CNCCc2ccccc21. The van der Waals surface area contributed by atoms with Crippen molar-refractivity contribution in [2.45, 2.75) is 64.3 Å².